The minimum atomic E-state index is 0. The van der Waals surface area contributed by atoms with E-state index in [1.807, 2.05) is 47.7 Å². The Morgan fingerprint density at radius 1 is 1.24 bits per heavy atom. The van der Waals surface area contributed by atoms with Crippen LogP contribution in [0.3, 0.4) is 0 Å². The number of hydrogen-bond acceptors (Lipinski definition) is 3. The highest BCUT2D eigenvalue weighted by atomic mass is 16.5. The maximum absolute atomic E-state index is 5.39. The summed E-state index contributed by atoms with van der Waals surface area (Å²) in [4.78, 5) is 11.2. The fourth-order valence-electron chi connectivity index (χ4n) is 1.33. The predicted octanol–water partition coefficient (Wildman–Crippen LogP) is 3.96. The van der Waals surface area contributed by atoms with E-state index in [9.17, 15) is 0 Å². The van der Waals surface area contributed by atoms with Gasteiger partial charge in [0.1, 0.15) is 12.0 Å². The Morgan fingerprint density at radius 3 is 2.47 bits per heavy atom. The van der Waals surface area contributed by atoms with Gasteiger partial charge in [-0.3, -0.25) is 0 Å². The van der Waals surface area contributed by atoms with Crippen LogP contribution in [-0.4, -0.2) is 21.6 Å². The molecule has 2 aromatic rings. The first-order valence-electron chi connectivity index (χ1n) is 6.24. The Labute approximate surface area is 105 Å². The van der Waals surface area contributed by atoms with Crippen LogP contribution in [0.1, 0.15) is 41.6 Å². The van der Waals surface area contributed by atoms with E-state index < -0.39 is 0 Å². The van der Waals surface area contributed by atoms with Crippen molar-refractivity contribution in [3.63, 3.8) is 0 Å². The molecule has 0 aliphatic heterocycles. The monoisotopic (exact) mass is 239 g/mol. The van der Waals surface area contributed by atoms with E-state index in [4.69, 9.17) is 4.74 Å². The third kappa shape index (κ3) is 3.73. The van der Waals surface area contributed by atoms with E-state index in [0.717, 1.165) is 16.6 Å². The Morgan fingerprint density at radius 2 is 1.88 bits per heavy atom. The third-order valence-electron chi connectivity index (χ3n) is 1.91. The molecule has 0 unspecified atom stereocenters. The number of H-pyrrole nitrogens is 1. The van der Waals surface area contributed by atoms with Crippen LogP contribution in [0.5, 0.6) is 5.88 Å². The van der Waals surface area contributed by atoms with Crippen molar-refractivity contribution in [1.29, 1.82) is 0 Å². The number of ether oxygens (including phenoxy) is 1. The average molecular weight is 239 g/mol. The Bertz CT molecular complexity index is 429. The molecule has 0 fully saturated rings. The fraction of sp³-hybridized carbons (Fsp3) is 0.538. The average Bonchev–Trinajstić information content (AvgIpc) is 2.78. The van der Waals surface area contributed by atoms with Crippen molar-refractivity contribution in [2.24, 2.45) is 0 Å². The van der Waals surface area contributed by atoms with Gasteiger partial charge in [0, 0.05) is 7.62 Å². The summed E-state index contributed by atoms with van der Waals surface area (Å²) in [7, 11) is 0. The number of nitrogens with zero attached hydrogens (tertiary/aromatic N) is 2. The van der Waals surface area contributed by atoms with Crippen LogP contribution in [0, 0.1) is 6.92 Å². The highest BCUT2D eigenvalue weighted by molar-refractivity contribution is 5.84. The summed E-state index contributed by atoms with van der Waals surface area (Å²) in [5, 5.41) is 0.976. The van der Waals surface area contributed by atoms with Gasteiger partial charge in [-0.15, -0.1) is 0 Å². The molecule has 2 heterocycles. The molecule has 0 saturated carbocycles. The number of aryl methyl sites for hydroxylation is 1. The van der Waals surface area contributed by atoms with Crippen LogP contribution < -0.4 is 4.74 Å². The standard InChI is InChI=1S/C9H11N3O.2C2H6.H2/c1-3-13-9-7-6(2)4-10-8(7)11-5-12-9;2*1-2;/h4-5H,3H2,1-2H3,(H,10,11,12);2*1-2H3;1H. The molecule has 1 N–H and O–H groups in total. The molecule has 98 valence electrons. The summed E-state index contributed by atoms with van der Waals surface area (Å²) in [6.07, 6.45) is 3.41. The van der Waals surface area contributed by atoms with Crippen molar-refractivity contribution < 1.29 is 6.16 Å². The first kappa shape index (κ1) is 15.4. The molecule has 0 bridgehead atoms. The molecule has 0 aliphatic rings. The molecule has 0 aliphatic carbocycles. The lowest BCUT2D eigenvalue weighted by atomic mass is 10.3. The molecule has 4 heteroatoms. The second kappa shape index (κ2) is 8.56. The van der Waals surface area contributed by atoms with E-state index >= 15 is 0 Å². The van der Waals surface area contributed by atoms with Crippen molar-refractivity contribution >= 4 is 11.0 Å². The number of hydrogen-bond donors (Lipinski definition) is 1. The highest BCUT2D eigenvalue weighted by Crippen LogP contribution is 2.23. The lowest BCUT2D eigenvalue weighted by Gasteiger charge is -2.02. The zero-order chi connectivity index (χ0) is 13.3. The molecule has 4 nitrogen and oxygen atoms in total. The minimum Gasteiger partial charge on any atom is -0.477 e. The lowest BCUT2D eigenvalue weighted by Crippen LogP contribution is -1.95. The second-order valence-electron chi connectivity index (χ2n) is 2.81. The van der Waals surface area contributed by atoms with Gasteiger partial charge in [-0.2, -0.15) is 0 Å². The molecule has 17 heavy (non-hydrogen) atoms. The Hall–Kier alpha value is -1.58. The zero-order valence-corrected chi connectivity index (χ0v) is 11.7. The Kier molecular flexibility index (Phi) is 7.76. The van der Waals surface area contributed by atoms with E-state index in [-0.39, 0.29) is 1.43 Å². The first-order chi connectivity index (χ1) is 8.33. The van der Waals surface area contributed by atoms with E-state index in [1.54, 1.807) is 0 Å². The van der Waals surface area contributed by atoms with Crippen molar-refractivity contribution in [3.8, 4) is 5.88 Å². The van der Waals surface area contributed by atoms with Gasteiger partial charge in [-0.25, -0.2) is 9.97 Å². The molecule has 0 aromatic carbocycles. The number of fused-ring (bicyclic) bond motifs is 1. The van der Waals surface area contributed by atoms with E-state index in [1.165, 1.54) is 6.33 Å². The minimum absolute atomic E-state index is 0. The molecule has 0 saturated heterocycles. The summed E-state index contributed by atoms with van der Waals surface area (Å²) in [5.41, 5.74) is 1.94. The zero-order valence-electron chi connectivity index (χ0n) is 11.7. The smallest absolute Gasteiger partial charge is 0.226 e. The van der Waals surface area contributed by atoms with Crippen molar-refractivity contribution in [2.75, 3.05) is 6.61 Å². The largest absolute Gasteiger partial charge is 0.477 e. The van der Waals surface area contributed by atoms with Gasteiger partial charge in [0.15, 0.2) is 0 Å². The van der Waals surface area contributed by atoms with E-state index in [0.29, 0.717) is 12.5 Å². The number of aromatic amines is 1. The molecule has 0 spiro atoms. The summed E-state index contributed by atoms with van der Waals surface area (Å²) in [6.45, 7) is 12.6. The third-order valence-corrected chi connectivity index (χ3v) is 1.91. The van der Waals surface area contributed by atoms with Crippen LogP contribution in [0.15, 0.2) is 12.5 Å². The van der Waals surface area contributed by atoms with Gasteiger partial charge >= 0.3 is 0 Å². The molecule has 0 radical (unpaired) electrons. The van der Waals surface area contributed by atoms with Gasteiger partial charge in [0.05, 0.1) is 12.0 Å². The quantitative estimate of drug-likeness (QED) is 0.862. The van der Waals surface area contributed by atoms with Crippen LogP contribution in [0.2, 0.25) is 0 Å². The van der Waals surface area contributed by atoms with Crippen LogP contribution >= 0.6 is 0 Å². The topological polar surface area (TPSA) is 50.8 Å². The van der Waals surface area contributed by atoms with Crippen molar-refractivity contribution in [3.05, 3.63) is 18.1 Å². The van der Waals surface area contributed by atoms with Crippen molar-refractivity contribution in [1.82, 2.24) is 15.0 Å². The number of rotatable bonds is 2. The molecular weight excluding hydrogens is 214 g/mol. The van der Waals surface area contributed by atoms with E-state index in [2.05, 4.69) is 15.0 Å². The lowest BCUT2D eigenvalue weighted by molar-refractivity contribution is 0.331. The van der Waals surface area contributed by atoms with Gasteiger partial charge in [-0.1, -0.05) is 27.7 Å². The number of aromatic nitrogens is 3. The molecule has 2 rings (SSSR count). The van der Waals surface area contributed by atoms with Crippen LogP contribution in [0.25, 0.3) is 11.0 Å². The maximum atomic E-state index is 5.39. The van der Waals surface area contributed by atoms with Crippen LogP contribution in [-0.2, 0) is 0 Å². The maximum Gasteiger partial charge on any atom is 0.226 e. The normalized spacial score (nSPS) is 8.82. The first-order valence-corrected chi connectivity index (χ1v) is 6.24. The Balaban J connectivity index is 0. The van der Waals surface area contributed by atoms with Gasteiger partial charge < -0.3 is 9.72 Å². The van der Waals surface area contributed by atoms with Gasteiger partial charge in [0.25, 0.3) is 0 Å². The predicted molar refractivity (Wildman–Crippen MR) is 74.6 cm³/mol. The summed E-state index contributed by atoms with van der Waals surface area (Å²) in [5.74, 6) is 0.659. The van der Waals surface area contributed by atoms with Crippen LogP contribution in [0.4, 0.5) is 0 Å². The van der Waals surface area contributed by atoms with Gasteiger partial charge in [0.2, 0.25) is 5.88 Å². The molecule has 0 amide bonds. The summed E-state index contributed by atoms with van der Waals surface area (Å²) < 4.78 is 5.39. The second-order valence-corrected chi connectivity index (χ2v) is 2.81. The summed E-state index contributed by atoms with van der Waals surface area (Å²) >= 11 is 0. The van der Waals surface area contributed by atoms with Gasteiger partial charge in [-0.05, 0) is 19.4 Å². The SMILES string of the molecule is CC.CC.CCOc1ncnc2[nH]cc(C)c12.[HH]. The van der Waals surface area contributed by atoms with Crippen molar-refractivity contribution in [2.45, 2.75) is 41.5 Å². The molecule has 0 atom stereocenters. The molecular formula is C13H25N3O. The highest BCUT2D eigenvalue weighted by Gasteiger charge is 2.07. The fourth-order valence-corrected chi connectivity index (χ4v) is 1.33. The number of nitrogens with one attached hydrogen (secondary N) is 1. The molecule has 2 aromatic heterocycles. The summed E-state index contributed by atoms with van der Waals surface area (Å²) in [6, 6.07) is 0.